The first-order valence-corrected chi connectivity index (χ1v) is 8.02. The van der Waals surface area contributed by atoms with Crippen molar-refractivity contribution < 1.29 is 0 Å². The third kappa shape index (κ3) is 2.39. The van der Waals surface area contributed by atoms with Crippen LogP contribution in [0.5, 0.6) is 0 Å². The van der Waals surface area contributed by atoms with E-state index in [0.29, 0.717) is 11.2 Å². The molecule has 0 aliphatic heterocycles. The molecule has 0 amide bonds. The monoisotopic (exact) mass is 318 g/mol. The van der Waals surface area contributed by atoms with Gasteiger partial charge >= 0.3 is 0 Å². The number of hydrogen-bond donors (Lipinski definition) is 1. The second kappa shape index (κ2) is 5.28. The first-order valence-electron chi connectivity index (χ1n) is 6.67. The van der Waals surface area contributed by atoms with Crippen molar-refractivity contribution in [2.45, 2.75) is 26.7 Å². The molecule has 0 saturated carbocycles. The lowest BCUT2D eigenvalue weighted by atomic mass is 9.99. The minimum atomic E-state index is -0.117. The zero-order valence-electron chi connectivity index (χ0n) is 12.1. The summed E-state index contributed by atoms with van der Waals surface area (Å²) in [7, 11) is 0. The Morgan fingerprint density at radius 3 is 2.67 bits per heavy atom. The van der Waals surface area contributed by atoms with Crippen molar-refractivity contribution in [3.63, 3.8) is 0 Å². The maximum atomic E-state index is 12.4. The summed E-state index contributed by atoms with van der Waals surface area (Å²) in [6.45, 7) is 6.19. The van der Waals surface area contributed by atoms with E-state index in [2.05, 4.69) is 42.0 Å². The second-order valence-electron chi connectivity index (χ2n) is 5.16. The van der Waals surface area contributed by atoms with Crippen LogP contribution in [0, 0.1) is 20.8 Å². The van der Waals surface area contributed by atoms with Gasteiger partial charge < -0.3 is 4.98 Å². The predicted molar refractivity (Wildman–Crippen MR) is 89.4 cm³/mol. The van der Waals surface area contributed by atoms with Crippen molar-refractivity contribution in [1.82, 2.24) is 9.97 Å². The van der Waals surface area contributed by atoms with E-state index in [9.17, 15) is 4.79 Å². The molecular formula is C16H15ClN2OS. The van der Waals surface area contributed by atoms with Gasteiger partial charge in [0.25, 0.3) is 5.56 Å². The number of thiophene rings is 1. The molecule has 0 saturated heterocycles. The van der Waals surface area contributed by atoms with Crippen LogP contribution in [0.1, 0.15) is 21.8 Å². The summed E-state index contributed by atoms with van der Waals surface area (Å²) < 4.78 is 0. The van der Waals surface area contributed by atoms with E-state index in [1.165, 1.54) is 22.5 Å². The molecule has 21 heavy (non-hydrogen) atoms. The summed E-state index contributed by atoms with van der Waals surface area (Å²) in [5.41, 5.74) is 4.38. The SMILES string of the molecule is Cc1ccc(-c2c(C)sc3nc(CCl)[nH]c(=O)c23)cc1C. The average Bonchev–Trinajstić information content (AvgIpc) is 2.78. The van der Waals surface area contributed by atoms with Gasteiger partial charge in [-0.05, 0) is 37.5 Å². The zero-order valence-corrected chi connectivity index (χ0v) is 13.7. The van der Waals surface area contributed by atoms with E-state index >= 15 is 0 Å². The third-order valence-electron chi connectivity index (χ3n) is 3.71. The molecule has 1 N–H and O–H groups in total. The first-order chi connectivity index (χ1) is 10.0. The van der Waals surface area contributed by atoms with Crippen LogP contribution in [-0.2, 0) is 5.88 Å². The van der Waals surface area contributed by atoms with Gasteiger partial charge in [0, 0.05) is 10.4 Å². The number of halogens is 1. The van der Waals surface area contributed by atoms with Crippen LogP contribution in [0.2, 0.25) is 0 Å². The summed E-state index contributed by atoms with van der Waals surface area (Å²) in [5, 5.41) is 0.662. The summed E-state index contributed by atoms with van der Waals surface area (Å²) in [6, 6.07) is 6.27. The first kappa shape index (κ1) is 14.3. The Hall–Kier alpha value is -1.65. The molecule has 0 unspecified atom stereocenters. The summed E-state index contributed by atoms with van der Waals surface area (Å²) in [4.78, 5) is 21.4. The molecular weight excluding hydrogens is 304 g/mol. The molecule has 0 aliphatic carbocycles. The van der Waals surface area contributed by atoms with Crippen LogP contribution < -0.4 is 5.56 Å². The number of alkyl halides is 1. The van der Waals surface area contributed by atoms with E-state index in [1.54, 1.807) is 0 Å². The minimum absolute atomic E-state index is 0.117. The van der Waals surface area contributed by atoms with Crippen molar-refractivity contribution >= 4 is 33.2 Å². The maximum Gasteiger partial charge on any atom is 0.260 e. The Kier molecular flexibility index (Phi) is 3.59. The molecule has 0 radical (unpaired) electrons. The molecule has 3 nitrogen and oxygen atoms in total. The second-order valence-corrected chi connectivity index (χ2v) is 6.63. The number of hydrogen-bond acceptors (Lipinski definition) is 3. The van der Waals surface area contributed by atoms with E-state index in [-0.39, 0.29) is 11.4 Å². The number of benzene rings is 1. The van der Waals surface area contributed by atoms with Gasteiger partial charge in [-0.1, -0.05) is 18.2 Å². The molecule has 0 fully saturated rings. The predicted octanol–water partition coefficient (Wildman–Crippen LogP) is 4.32. The van der Waals surface area contributed by atoms with Gasteiger partial charge in [-0.3, -0.25) is 4.79 Å². The van der Waals surface area contributed by atoms with Crippen LogP contribution in [0.3, 0.4) is 0 Å². The van der Waals surface area contributed by atoms with E-state index < -0.39 is 0 Å². The fraction of sp³-hybridized carbons (Fsp3) is 0.250. The fourth-order valence-electron chi connectivity index (χ4n) is 2.47. The number of aryl methyl sites for hydroxylation is 3. The minimum Gasteiger partial charge on any atom is -0.309 e. The standard InChI is InChI=1S/C16H15ClN2OS/c1-8-4-5-11(6-9(8)2)13-10(3)21-16-14(13)15(20)18-12(7-17)19-16/h4-6H,7H2,1-3H3,(H,18,19,20). The van der Waals surface area contributed by atoms with Gasteiger partial charge in [-0.2, -0.15) is 0 Å². The molecule has 1 aromatic carbocycles. The molecule has 108 valence electrons. The van der Waals surface area contributed by atoms with Gasteiger partial charge in [0.1, 0.15) is 10.7 Å². The Morgan fingerprint density at radius 1 is 1.24 bits per heavy atom. The molecule has 3 rings (SSSR count). The van der Waals surface area contributed by atoms with Gasteiger partial charge in [-0.25, -0.2) is 4.98 Å². The number of rotatable bonds is 2. The molecule has 0 bridgehead atoms. The summed E-state index contributed by atoms with van der Waals surface area (Å²) in [5.74, 6) is 0.725. The molecule has 0 atom stereocenters. The number of H-pyrrole nitrogens is 1. The Balaban J connectivity index is 2.34. The topological polar surface area (TPSA) is 45.8 Å². The lowest BCUT2D eigenvalue weighted by Crippen LogP contribution is -2.10. The number of fused-ring (bicyclic) bond motifs is 1. The molecule has 5 heteroatoms. The number of nitrogens with zero attached hydrogens (tertiary/aromatic N) is 1. The van der Waals surface area contributed by atoms with Crippen LogP contribution in [0.25, 0.3) is 21.3 Å². The molecule has 0 spiro atoms. The highest BCUT2D eigenvalue weighted by atomic mass is 35.5. The normalized spacial score (nSPS) is 11.2. The highest BCUT2D eigenvalue weighted by molar-refractivity contribution is 7.19. The van der Waals surface area contributed by atoms with Crippen molar-refractivity contribution in [2.24, 2.45) is 0 Å². The van der Waals surface area contributed by atoms with Gasteiger partial charge in [0.15, 0.2) is 0 Å². The van der Waals surface area contributed by atoms with Crippen molar-refractivity contribution in [3.8, 4) is 11.1 Å². The van der Waals surface area contributed by atoms with Crippen molar-refractivity contribution in [3.05, 3.63) is 50.4 Å². The van der Waals surface area contributed by atoms with Crippen LogP contribution in [0.15, 0.2) is 23.0 Å². The van der Waals surface area contributed by atoms with E-state index in [4.69, 9.17) is 11.6 Å². The number of aromatic amines is 1. The number of nitrogens with one attached hydrogen (secondary N) is 1. The third-order valence-corrected chi connectivity index (χ3v) is 4.96. The van der Waals surface area contributed by atoms with E-state index in [0.717, 1.165) is 20.8 Å². The molecule has 0 aliphatic rings. The highest BCUT2D eigenvalue weighted by Gasteiger charge is 2.16. The smallest absolute Gasteiger partial charge is 0.260 e. The Bertz CT molecular complexity index is 895. The van der Waals surface area contributed by atoms with Gasteiger partial charge in [0.05, 0.1) is 11.3 Å². The van der Waals surface area contributed by atoms with Crippen LogP contribution in [-0.4, -0.2) is 9.97 Å². The van der Waals surface area contributed by atoms with Gasteiger partial charge in [0.2, 0.25) is 0 Å². The number of aromatic nitrogens is 2. The van der Waals surface area contributed by atoms with Crippen LogP contribution >= 0.6 is 22.9 Å². The van der Waals surface area contributed by atoms with Crippen molar-refractivity contribution in [2.75, 3.05) is 0 Å². The highest BCUT2D eigenvalue weighted by Crippen LogP contribution is 2.36. The quantitative estimate of drug-likeness (QED) is 0.715. The summed E-state index contributed by atoms with van der Waals surface area (Å²) >= 11 is 7.31. The van der Waals surface area contributed by atoms with Crippen molar-refractivity contribution in [1.29, 1.82) is 0 Å². The van der Waals surface area contributed by atoms with Crippen LogP contribution in [0.4, 0.5) is 0 Å². The maximum absolute atomic E-state index is 12.4. The zero-order chi connectivity index (χ0) is 15.1. The Labute approximate surface area is 131 Å². The fourth-order valence-corrected chi connectivity index (χ4v) is 3.66. The Morgan fingerprint density at radius 2 is 2.00 bits per heavy atom. The van der Waals surface area contributed by atoms with Gasteiger partial charge in [-0.15, -0.1) is 22.9 Å². The lowest BCUT2D eigenvalue weighted by Gasteiger charge is -2.06. The molecule has 3 aromatic rings. The summed E-state index contributed by atoms with van der Waals surface area (Å²) in [6.07, 6.45) is 0. The average molecular weight is 319 g/mol. The molecule has 2 aromatic heterocycles. The molecule has 2 heterocycles. The largest absolute Gasteiger partial charge is 0.309 e. The van der Waals surface area contributed by atoms with E-state index in [1.807, 2.05) is 6.92 Å². The lowest BCUT2D eigenvalue weighted by molar-refractivity contribution is 1.04.